The van der Waals surface area contributed by atoms with Gasteiger partial charge in [0.1, 0.15) is 5.82 Å². The second-order valence-corrected chi connectivity index (χ2v) is 4.50. The molecule has 5 heteroatoms. The fourth-order valence-electron chi connectivity index (χ4n) is 1.91. The Labute approximate surface area is 106 Å². The van der Waals surface area contributed by atoms with Gasteiger partial charge in [-0.3, -0.25) is 4.68 Å². The molecule has 2 aromatic heterocycles. The van der Waals surface area contributed by atoms with Crippen LogP contribution >= 0.6 is 0 Å². The van der Waals surface area contributed by atoms with Crippen molar-refractivity contribution >= 4 is 5.82 Å². The second kappa shape index (κ2) is 5.16. The lowest BCUT2D eigenvalue weighted by atomic mass is 10.3. The van der Waals surface area contributed by atoms with Crippen LogP contribution in [-0.2, 0) is 6.54 Å². The maximum Gasteiger partial charge on any atom is 0.214 e. The molecule has 0 aromatic carbocycles. The first kappa shape index (κ1) is 12.5. The van der Waals surface area contributed by atoms with Gasteiger partial charge in [0.15, 0.2) is 0 Å². The van der Waals surface area contributed by atoms with Gasteiger partial charge in [0.25, 0.3) is 0 Å². The Kier molecular flexibility index (Phi) is 3.60. The molecule has 96 valence electrons. The monoisotopic (exact) mass is 248 g/mol. The number of aryl methyl sites for hydroxylation is 2. The molecular formula is C13H17FN4. The zero-order chi connectivity index (χ0) is 13.1. The van der Waals surface area contributed by atoms with Crippen LogP contribution in [0.15, 0.2) is 24.3 Å². The highest BCUT2D eigenvalue weighted by molar-refractivity contribution is 5.34. The molecule has 0 bridgehead atoms. The van der Waals surface area contributed by atoms with E-state index in [1.165, 1.54) is 6.07 Å². The van der Waals surface area contributed by atoms with Crippen LogP contribution in [0.25, 0.3) is 0 Å². The molecule has 0 radical (unpaired) electrons. The molecule has 2 aromatic rings. The third-order valence-electron chi connectivity index (χ3n) is 2.66. The number of pyridine rings is 1. The van der Waals surface area contributed by atoms with E-state index in [0.717, 1.165) is 17.9 Å². The molecule has 2 heterocycles. The Morgan fingerprint density at radius 1 is 1.39 bits per heavy atom. The summed E-state index contributed by atoms with van der Waals surface area (Å²) in [5.41, 5.74) is 2.12. The maximum atomic E-state index is 12.9. The highest BCUT2D eigenvalue weighted by Gasteiger charge is 2.07. The number of halogens is 1. The summed E-state index contributed by atoms with van der Waals surface area (Å²) < 4.78 is 14.9. The molecule has 18 heavy (non-hydrogen) atoms. The van der Waals surface area contributed by atoms with Crippen LogP contribution in [0.4, 0.5) is 10.2 Å². The molecular weight excluding hydrogens is 231 g/mol. The Bertz CT molecular complexity index is 536. The quantitative estimate of drug-likeness (QED) is 0.845. The van der Waals surface area contributed by atoms with Crippen LogP contribution in [0.1, 0.15) is 18.3 Å². The summed E-state index contributed by atoms with van der Waals surface area (Å²) in [7, 11) is 0. The zero-order valence-corrected chi connectivity index (χ0v) is 10.8. The first-order chi connectivity index (χ1) is 8.54. The van der Waals surface area contributed by atoms with E-state index in [1.807, 2.05) is 31.5 Å². The average Bonchev–Trinajstić information content (AvgIpc) is 2.57. The predicted octanol–water partition coefficient (Wildman–Crippen LogP) is 2.53. The van der Waals surface area contributed by atoms with E-state index in [1.54, 1.807) is 12.1 Å². The van der Waals surface area contributed by atoms with E-state index < -0.39 is 5.95 Å². The molecule has 0 saturated carbocycles. The maximum absolute atomic E-state index is 12.9. The van der Waals surface area contributed by atoms with Gasteiger partial charge in [-0.05, 0) is 39.0 Å². The largest absolute Gasteiger partial charge is 0.366 e. The van der Waals surface area contributed by atoms with Crippen molar-refractivity contribution in [2.45, 2.75) is 33.4 Å². The summed E-state index contributed by atoms with van der Waals surface area (Å²) >= 11 is 0. The Balaban J connectivity index is 2.00. The van der Waals surface area contributed by atoms with Gasteiger partial charge in [0, 0.05) is 11.7 Å². The molecule has 0 aliphatic carbocycles. The number of hydrogen-bond acceptors (Lipinski definition) is 3. The lowest BCUT2D eigenvalue weighted by Crippen LogP contribution is -2.23. The van der Waals surface area contributed by atoms with Crippen LogP contribution in [0.5, 0.6) is 0 Å². The molecule has 0 aliphatic heterocycles. The Hall–Kier alpha value is -1.91. The van der Waals surface area contributed by atoms with Gasteiger partial charge in [-0.25, -0.2) is 4.98 Å². The number of aromatic nitrogens is 3. The van der Waals surface area contributed by atoms with Gasteiger partial charge in [-0.1, -0.05) is 6.07 Å². The molecule has 1 N–H and O–H groups in total. The summed E-state index contributed by atoms with van der Waals surface area (Å²) in [4.78, 5) is 3.77. The first-order valence-corrected chi connectivity index (χ1v) is 5.95. The van der Waals surface area contributed by atoms with E-state index in [-0.39, 0.29) is 6.04 Å². The lowest BCUT2D eigenvalue weighted by Gasteiger charge is -2.15. The van der Waals surface area contributed by atoms with Crippen LogP contribution in [0.3, 0.4) is 0 Å². The third kappa shape index (κ3) is 3.06. The van der Waals surface area contributed by atoms with Crippen LogP contribution in [0.2, 0.25) is 0 Å². The van der Waals surface area contributed by atoms with Gasteiger partial charge in [-0.2, -0.15) is 9.49 Å². The van der Waals surface area contributed by atoms with Crippen molar-refractivity contribution < 1.29 is 4.39 Å². The molecule has 0 aliphatic rings. The number of nitrogens with zero attached hydrogens (tertiary/aromatic N) is 3. The van der Waals surface area contributed by atoms with Crippen molar-refractivity contribution in [2.75, 3.05) is 5.32 Å². The fraction of sp³-hybridized carbons (Fsp3) is 0.385. The second-order valence-electron chi connectivity index (χ2n) is 4.50. The lowest BCUT2D eigenvalue weighted by molar-refractivity contribution is 0.541. The first-order valence-electron chi connectivity index (χ1n) is 5.95. The summed E-state index contributed by atoms with van der Waals surface area (Å²) in [5, 5.41) is 7.55. The van der Waals surface area contributed by atoms with E-state index in [9.17, 15) is 4.39 Å². The molecule has 1 atom stereocenters. The molecule has 0 fully saturated rings. The van der Waals surface area contributed by atoms with Gasteiger partial charge >= 0.3 is 0 Å². The van der Waals surface area contributed by atoms with Crippen molar-refractivity contribution in [3.63, 3.8) is 0 Å². The minimum absolute atomic E-state index is 0.122. The highest BCUT2D eigenvalue weighted by atomic mass is 19.1. The van der Waals surface area contributed by atoms with Gasteiger partial charge < -0.3 is 5.32 Å². The summed E-state index contributed by atoms with van der Waals surface area (Å²) in [6, 6.07) is 6.88. The molecule has 0 spiro atoms. The minimum atomic E-state index is -0.474. The van der Waals surface area contributed by atoms with E-state index >= 15 is 0 Å². The Morgan fingerprint density at radius 2 is 2.17 bits per heavy atom. The number of rotatable bonds is 4. The third-order valence-corrected chi connectivity index (χ3v) is 2.66. The van der Waals surface area contributed by atoms with Crippen molar-refractivity contribution in [3.05, 3.63) is 41.6 Å². The minimum Gasteiger partial charge on any atom is -0.366 e. The molecule has 4 nitrogen and oxygen atoms in total. The molecule has 0 amide bonds. The van der Waals surface area contributed by atoms with Gasteiger partial charge in [-0.15, -0.1) is 0 Å². The smallest absolute Gasteiger partial charge is 0.214 e. The number of hydrogen-bond donors (Lipinski definition) is 1. The van der Waals surface area contributed by atoms with Gasteiger partial charge in [0.2, 0.25) is 5.95 Å². The summed E-state index contributed by atoms with van der Waals surface area (Å²) in [5.74, 6) is 0.0716. The van der Waals surface area contributed by atoms with Crippen molar-refractivity contribution in [1.29, 1.82) is 0 Å². The molecule has 0 saturated heterocycles. The van der Waals surface area contributed by atoms with E-state index in [2.05, 4.69) is 15.4 Å². The van der Waals surface area contributed by atoms with Crippen molar-refractivity contribution in [3.8, 4) is 0 Å². The standard InChI is InChI=1S/C13H17FN4/c1-9-7-11(3)18(17-9)8-10(2)15-13-6-4-5-12(14)16-13/h4-7,10H,8H2,1-3H3,(H,15,16). The summed E-state index contributed by atoms with van der Waals surface area (Å²) in [6.45, 7) is 6.73. The van der Waals surface area contributed by atoms with Crippen LogP contribution < -0.4 is 5.32 Å². The average molecular weight is 248 g/mol. The normalized spacial score (nSPS) is 12.4. The highest BCUT2D eigenvalue weighted by Crippen LogP contribution is 2.08. The predicted molar refractivity (Wildman–Crippen MR) is 69.0 cm³/mol. The summed E-state index contributed by atoms with van der Waals surface area (Å²) in [6.07, 6.45) is 0. The topological polar surface area (TPSA) is 42.7 Å². The van der Waals surface area contributed by atoms with Crippen LogP contribution in [-0.4, -0.2) is 20.8 Å². The number of nitrogens with one attached hydrogen (secondary N) is 1. The molecule has 2 rings (SSSR count). The van der Waals surface area contributed by atoms with Crippen molar-refractivity contribution in [2.24, 2.45) is 0 Å². The Morgan fingerprint density at radius 3 is 2.78 bits per heavy atom. The SMILES string of the molecule is Cc1cc(C)n(CC(C)Nc2cccc(F)n2)n1. The fourth-order valence-corrected chi connectivity index (χ4v) is 1.91. The number of anilines is 1. The van der Waals surface area contributed by atoms with E-state index in [4.69, 9.17) is 0 Å². The zero-order valence-electron chi connectivity index (χ0n) is 10.8. The van der Waals surface area contributed by atoms with E-state index in [0.29, 0.717) is 5.82 Å². The molecule has 1 unspecified atom stereocenters. The van der Waals surface area contributed by atoms with Crippen LogP contribution in [0, 0.1) is 19.8 Å². The van der Waals surface area contributed by atoms with Crippen molar-refractivity contribution in [1.82, 2.24) is 14.8 Å². The van der Waals surface area contributed by atoms with Gasteiger partial charge in [0.05, 0.1) is 12.2 Å².